The second-order valence-corrected chi connectivity index (χ2v) is 7.03. The molecule has 7 nitrogen and oxygen atoms in total. The maximum Gasteiger partial charge on any atom is 0.311 e. The SMILES string of the molecule is CC1(C)N[C@@H](CN)[C@@H](Cn2nccn2)C1C(=O)OCc1ccccc1. The molecule has 0 aliphatic carbocycles. The molecule has 1 aromatic carbocycles. The molecule has 2 heterocycles. The van der Waals surface area contributed by atoms with E-state index in [9.17, 15) is 4.79 Å². The highest BCUT2D eigenvalue weighted by atomic mass is 16.5. The monoisotopic (exact) mass is 343 g/mol. The van der Waals surface area contributed by atoms with E-state index in [1.807, 2.05) is 44.2 Å². The van der Waals surface area contributed by atoms with Crippen LogP contribution in [0.1, 0.15) is 19.4 Å². The number of ether oxygens (including phenoxy) is 1. The summed E-state index contributed by atoms with van der Waals surface area (Å²) < 4.78 is 5.62. The number of hydrogen-bond donors (Lipinski definition) is 2. The third-order valence-corrected chi connectivity index (χ3v) is 4.85. The Kier molecular flexibility index (Phi) is 5.15. The molecule has 0 bridgehead atoms. The van der Waals surface area contributed by atoms with Crippen molar-refractivity contribution in [2.24, 2.45) is 17.6 Å². The lowest BCUT2D eigenvalue weighted by Gasteiger charge is -2.28. The molecule has 3 rings (SSSR count). The Hall–Kier alpha value is -2.25. The number of nitrogens with one attached hydrogen (secondary N) is 1. The molecule has 0 radical (unpaired) electrons. The molecule has 0 amide bonds. The number of esters is 1. The van der Waals surface area contributed by atoms with Crippen molar-refractivity contribution in [3.05, 3.63) is 48.3 Å². The minimum absolute atomic E-state index is 0.00951. The van der Waals surface area contributed by atoms with Crippen LogP contribution in [-0.4, -0.2) is 39.1 Å². The van der Waals surface area contributed by atoms with Gasteiger partial charge in [0, 0.05) is 24.0 Å². The molecular formula is C18H25N5O2. The molecule has 7 heteroatoms. The number of aromatic nitrogens is 3. The Morgan fingerprint density at radius 3 is 2.60 bits per heavy atom. The largest absolute Gasteiger partial charge is 0.461 e. The number of carbonyl (C=O) groups excluding carboxylic acids is 1. The van der Waals surface area contributed by atoms with Gasteiger partial charge in [-0.2, -0.15) is 15.0 Å². The molecular weight excluding hydrogens is 318 g/mol. The molecule has 1 saturated heterocycles. The van der Waals surface area contributed by atoms with Crippen molar-refractivity contribution in [1.29, 1.82) is 0 Å². The van der Waals surface area contributed by atoms with E-state index < -0.39 is 5.54 Å². The molecule has 25 heavy (non-hydrogen) atoms. The van der Waals surface area contributed by atoms with E-state index in [2.05, 4.69) is 15.5 Å². The molecule has 3 atom stereocenters. The van der Waals surface area contributed by atoms with Crippen LogP contribution in [0.25, 0.3) is 0 Å². The number of hydrogen-bond acceptors (Lipinski definition) is 6. The number of rotatable bonds is 6. The second kappa shape index (κ2) is 7.33. The van der Waals surface area contributed by atoms with Crippen LogP contribution < -0.4 is 11.1 Å². The van der Waals surface area contributed by atoms with E-state index in [4.69, 9.17) is 10.5 Å². The minimum Gasteiger partial charge on any atom is -0.461 e. The van der Waals surface area contributed by atoms with Crippen LogP contribution in [0, 0.1) is 11.8 Å². The second-order valence-electron chi connectivity index (χ2n) is 7.03. The van der Waals surface area contributed by atoms with E-state index in [0.29, 0.717) is 13.1 Å². The first-order chi connectivity index (χ1) is 12.0. The van der Waals surface area contributed by atoms with Crippen LogP contribution in [0.15, 0.2) is 42.7 Å². The van der Waals surface area contributed by atoms with Crippen LogP contribution in [0.2, 0.25) is 0 Å². The molecule has 3 N–H and O–H groups in total. The summed E-state index contributed by atoms with van der Waals surface area (Å²) in [6, 6.07) is 9.70. The summed E-state index contributed by atoms with van der Waals surface area (Å²) in [6.45, 7) is 5.27. The summed E-state index contributed by atoms with van der Waals surface area (Å²) in [4.78, 5) is 14.5. The topological polar surface area (TPSA) is 95.1 Å². The lowest BCUT2D eigenvalue weighted by molar-refractivity contribution is -0.153. The van der Waals surface area contributed by atoms with Gasteiger partial charge >= 0.3 is 5.97 Å². The summed E-state index contributed by atoms with van der Waals surface area (Å²) in [6.07, 6.45) is 3.27. The van der Waals surface area contributed by atoms with Crippen molar-refractivity contribution < 1.29 is 9.53 Å². The lowest BCUT2D eigenvalue weighted by Crippen LogP contribution is -2.45. The predicted molar refractivity (Wildman–Crippen MR) is 93.3 cm³/mol. The van der Waals surface area contributed by atoms with Gasteiger partial charge in [0.25, 0.3) is 0 Å². The highest BCUT2D eigenvalue weighted by Gasteiger charge is 2.52. The van der Waals surface area contributed by atoms with Gasteiger partial charge in [0.05, 0.1) is 24.9 Å². The molecule has 0 spiro atoms. The summed E-state index contributed by atoms with van der Waals surface area (Å²) in [5.41, 5.74) is 6.50. The Bertz CT molecular complexity index is 687. The average Bonchev–Trinajstić information content (AvgIpc) is 3.19. The maximum atomic E-state index is 12.9. The fraction of sp³-hybridized carbons (Fsp3) is 0.500. The maximum absolute atomic E-state index is 12.9. The number of benzene rings is 1. The Morgan fingerprint density at radius 1 is 1.28 bits per heavy atom. The highest BCUT2D eigenvalue weighted by Crippen LogP contribution is 2.37. The molecule has 1 unspecified atom stereocenters. The Labute approximate surface area is 147 Å². The van der Waals surface area contributed by atoms with Gasteiger partial charge in [0.1, 0.15) is 6.61 Å². The van der Waals surface area contributed by atoms with E-state index in [-0.39, 0.29) is 30.5 Å². The van der Waals surface area contributed by atoms with Gasteiger partial charge < -0.3 is 15.8 Å². The van der Waals surface area contributed by atoms with Crippen molar-refractivity contribution in [1.82, 2.24) is 20.3 Å². The zero-order chi connectivity index (χ0) is 17.9. The van der Waals surface area contributed by atoms with Crippen molar-refractivity contribution in [3.8, 4) is 0 Å². The van der Waals surface area contributed by atoms with Gasteiger partial charge in [-0.15, -0.1) is 0 Å². The number of nitrogens with zero attached hydrogens (tertiary/aromatic N) is 3. The average molecular weight is 343 g/mol. The molecule has 2 aromatic rings. The van der Waals surface area contributed by atoms with Gasteiger partial charge in [0.2, 0.25) is 0 Å². The Morgan fingerprint density at radius 2 is 1.96 bits per heavy atom. The van der Waals surface area contributed by atoms with E-state index >= 15 is 0 Å². The van der Waals surface area contributed by atoms with Crippen LogP contribution in [0.5, 0.6) is 0 Å². The van der Waals surface area contributed by atoms with E-state index in [1.54, 1.807) is 17.2 Å². The van der Waals surface area contributed by atoms with Crippen LogP contribution in [-0.2, 0) is 22.7 Å². The number of carbonyl (C=O) groups is 1. The zero-order valence-corrected chi connectivity index (χ0v) is 14.6. The van der Waals surface area contributed by atoms with Gasteiger partial charge in [-0.1, -0.05) is 30.3 Å². The van der Waals surface area contributed by atoms with E-state index in [1.165, 1.54) is 0 Å². The first-order valence-electron chi connectivity index (χ1n) is 8.53. The van der Waals surface area contributed by atoms with E-state index in [0.717, 1.165) is 5.56 Å². The highest BCUT2D eigenvalue weighted by molar-refractivity contribution is 5.75. The fourth-order valence-corrected chi connectivity index (χ4v) is 3.72. The van der Waals surface area contributed by atoms with Crippen molar-refractivity contribution >= 4 is 5.97 Å². The Balaban J connectivity index is 1.75. The lowest BCUT2D eigenvalue weighted by atomic mass is 9.80. The van der Waals surface area contributed by atoms with Crippen LogP contribution in [0.4, 0.5) is 0 Å². The van der Waals surface area contributed by atoms with Crippen LogP contribution in [0.3, 0.4) is 0 Å². The normalized spacial score (nSPS) is 25.0. The molecule has 1 aliphatic heterocycles. The smallest absolute Gasteiger partial charge is 0.311 e. The molecule has 1 fully saturated rings. The summed E-state index contributed by atoms with van der Waals surface area (Å²) >= 11 is 0. The van der Waals surface area contributed by atoms with Gasteiger partial charge in [-0.25, -0.2) is 0 Å². The number of nitrogens with two attached hydrogens (primary N) is 1. The predicted octanol–water partition coefficient (Wildman–Crippen LogP) is 0.963. The standard InChI is InChI=1S/C18H25N5O2/c1-18(2)16(17(24)25-12-13-6-4-3-5-7-13)14(15(10-19)22-18)11-23-20-8-9-21-23/h3-9,14-16,22H,10-12,19H2,1-2H3/t14-,15+,16?/m1/s1. The van der Waals surface area contributed by atoms with Crippen LogP contribution >= 0.6 is 0 Å². The van der Waals surface area contributed by atoms with Crippen molar-refractivity contribution in [2.75, 3.05) is 6.54 Å². The summed E-state index contributed by atoms with van der Waals surface area (Å²) in [5, 5.41) is 11.8. The summed E-state index contributed by atoms with van der Waals surface area (Å²) in [5.74, 6) is -0.569. The quantitative estimate of drug-likeness (QED) is 0.759. The molecule has 1 aliphatic rings. The van der Waals surface area contributed by atoms with Gasteiger partial charge in [-0.3, -0.25) is 4.79 Å². The van der Waals surface area contributed by atoms with Gasteiger partial charge in [-0.05, 0) is 19.4 Å². The molecule has 0 saturated carbocycles. The van der Waals surface area contributed by atoms with Crippen molar-refractivity contribution in [2.45, 2.75) is 38.6 Å². The first kappa shape index (κ1) is 17.6. The zero-order valence-electron chi connectivity index (χ0n) is 14.6. The molecule has 134 valence electrons. The third kappa shape index (κ3) is 3.88. The minimum atomic E-state index is -0.407. The first-order valence-corrected chi connectivity index (χ1v) is 8.53. The molecule has 1 aromatic heterocycles. The third-order valence-electron chi connectivity index (χ3n) is 4.85. The van der Waals surface area contributed by atoms with Crippen molar-refractivity contribution in [3.63, 3.8) is 0 Å². The van der Waals surface area contributed by atoms with Gasteiger partial charge in [0.15, 0.2) is 0 Å². The summed E-state index contributed by atoms with van der Waals surface area (Å²) in [7, 11) is 0. The fourth-order valence-electron chi connectivity index (χ4n) is 3.72.